The standard InChI is InChI=1S/C13H13NO3S/c1-7-5-8(13(16)17)6-9(12(7)15)11(14)10-3-2-4-18-10/h2-6,11,15H,14H2,1H3,(H,16,17)/t11-/m0/s1. The van der Waals surface area contributed by atoms with Gasteiger partial charge in [-0.1, -0.05) is 6.07 Å². The molecule has 5 heteroatoms. The highest BCUT2D eigenvalue weighted by Gasteiger charge is 2.18. The first kappa shape index (κ1) is 12.6. The average molecular weight is 263 g/mol. The van der Waals surface area contributed by atoms with Crippen molar-refractivity contribution in [1.82, 2.24) is 0 Å². The summed E-state index contributed by atoms with van der Waals surface area (Å²) < 4.78 is 0. The number of benzene rings is 1. The molecule has 0 aliphatic rings. The third-order valence-electron chi connectivity index (χ3n) is 2.76. The molecule has 0 spiro atoms. The van der Waals surface area contributed by atoms with E-state index in [0.29, 0.717) is 11.1 Å². The van der Waals surface area contributed by atoms with Crippen molar-refractivity contribution in [3.8, 4) is 5.75 Å². The van der Waals surface area contributed by atoms with Gasteiger partial charge >= 0.3 is 5.97 Å². The van der Waals surface area contributed by atoms with Gasteiger partial charge in [0.05, 0.1) is 11.6 Å². The van der Waals surface area contributed by atoms with E-state index in [1.807, 2.05) is 17.5 Å². The molecule has 0 unspecified atom stereocenters. The zero-order chi connectivity index (χ0) is 13.3. The van der Waals surface area contributed by atoms with Crippen molar-refractivity contribution in [1.29, 1.82) is 0 Å². The van der Waals surface area contributed by atoms with Crippen molar-refractivity contribution in [3.05, 3.63) is 51.2 Å². The van der Waals surface area contributed by atoms with Gasteiger partial charge in [-0.05, 0) is 36.1 Å². The van der Waals surface area contributed by atoms with Crippen LogP contribution in [0.15, 0.2) is 29.6 Å². The largest absolute Gasteiger partial charge is 0.507 e. The topological polar surface area (TPSA) is 83.5 Å². The van der Waals surface area contributed by atoms with Gasteiger partial charge in [0, 0.05) is 10.4 Å². The van der Waals surface area contributed by atoms with E-state index in [1.165, 1.54) is 23.5 Å². The van der Waals surface area contributed by atoms with Crippen molar-refractivity contribution in [2.24, 2.45) is 5.73 Å². The molecule has 0 amide bonds. The number of hydrogen-bond acceptors (Lipinski definition) is 4. The number of aromatic carboxylic acids is 1. The van der Waals surface area contributed by atoms with E-state index < -0.39 is 12.0 Å². The molecule has 0 bridgehead atoms. The average Bonchev–Trinajstić information content (AvgIpc) is 2.85. The van der Waals surface area contributed by atoms with Crippen LogP contribution in [0.5, 0.6) is 5.75 Å². The molecule has 4 nitrogen and oxygen atoms in total. The lowest BCUT2D eigenvalue weighted by Crippen LogP contribution is -2.12. The minimum Gasteiger partial charge on any atom is -0.507 e. The molecule has 0 fully saturated rings. The van der Waals surface area contributed by atoms with E-state index in [1.54, 1.807) is 6.92 Å². The molecule has 1 aromatic heterocycles. The molecule has 0 radical (unpaired) electrons. The fourth-order valence-electron chi connectivity index (χ4n) is 1.79. The van der Waals surface area contributed by atoms with Gasteiger partial charge in [-0.3, -0.25) is 0 Å². The number of aryl methyl sites for hydroxylation is 1. The number of carboxylic acid groups (broad SMARTS) is 1. The normalized spacial score (nSPS) is 12.3. The zero-order valence-corrected chi connectivity index (χ0v) is 10.6. The van der Waals surface area contributed by atoms with Crippen LogP contribution < -0.4 is 5.73 Å². The molecule has 0 aliphatic carbocycles. The predicted molar refractivity (Wildman–Crippen MR) is 70.2 cm³/mol. The molecule has 0 saturated carbocycles. The summed E-state index contributed by atoms with van der Waals surface area (Å²) in [5.74, 6) is -0.973. The van der Waals surface area contributed by atoms with E-state index in [4.69, 9.17) is 10.8 Å². The molecule has 1 heterocycles. The minimum absolute atomic E-state index is 0.0564. The lowest BCUT2D eigenvalue weighted by molar-refractivity contribution is 0.0696. The van der Waals surface area contributed by atoms with Crippen molar-refractivity contribution in [3.63, 3.8) is 0 Å². The van der Waals surface area contributed by atoms with Gasteiger partial charge in [-0.25, -0.2) is 4.79 Å². The number of aromatic hydroxyl groups is 1. The first-order valence-electron chi connectivity index (χ1n) is 5.36. The second-order valence-electron chi connectivity index (χ2n) is 4.03. The number of carbonyl (C=O) groups is 1. The maximum atomic E-state index is 11.0. The van der Waals surface area contributed by atoms with Gasteiger partial charge in [0.25, 0.3) is 0 Å². The van der Waals surface area contributed by atoms with Gasteiger partial charge in [-0.2, -0.15) is 0 Å². The molecule has 0 saturated heterocycles. The number of hydrogen-bond donors (Lipinski definition) is 3. The highest BCUT2D eigenvalue weighted by molar-refractivity contribution is 7.10. The number of rotatable bonds is 3. The van der Waals surface area contributed by atoms with E-state index >= 15 is 0 Å². The summed E-state index contributed by atoms with van der Waals surface area (Å²) in [6, 6.07) is 6.07. The van der Waals surface area contributed by atoms with Crippen molar-refractivity contribution >= 4 is 17.3 Å². The molecule has 0 aliphatic heterocycles. The van der Waals surface area contributed by atoms with E-state index in [-0.39, 0.29) is 11.3 Å². The maximum absolute atomic E-state index is 11.0. The Hall–Kier alpha value is -1.85. The summed E-state index contributed by atoms with van der Waals surface area (Å²) in [4.78, 5) is 11.9. The minimum atomic E-state index is -1.03. The van der Waals surface area contributed by atoms with Crippen LogP contribution in [0.1, 0.15) is 32.4 Å². The molecule has 94 valence electrons. The van der Waals surface area contributed by atoms with Gasteiger partial charge in [0.15, 0.2) is 0 Å². The Bertz CT molecular complexity index is 578. The second-order valence-corrected chi connectivity index (χ2v) is 5.01. The number of thiophene rings is 1. The Morgan fingerprint density at radius 1 is 1.44 bits per heavy atom. The summed E-state index contributed by atoms with van der Waals surface area (Å²) >= 11 is 1.47. The van der Waals surface area contributed by atoms with Crippen LogP contribution in [0.4, 0.5) is 0 Å². The van der Waals surface area contributed by atoms with Gasteiger partial charge in [-0.15, -0.1) is 11.3 Å². The first-order chi connectivity index (χ1) is 8.50. The number of nitrogens with two attached hydrogens (primary N) is 1. The van der Waals surface area contributed by atoms with Crippen LogP contribution in [0.3, 0.4) is 0 Å². The summed E-state index contributed by atoms with van der Waals surface area (Å²) in [5.41, 5.74) is 7.14. The smallest absolute Gasteiger partial charge is 0.335 e. The van der Waals surface area contributed by atoms with E-state index in [2.05, 4.69) is 0 Å². The Kier molecular flexibility index (Phi) is 3.36. The molecule has 18 heavy (non-hydrogen) atoms. The van der Waals surface area contributed by atoms with E-state index in [9.17, 15) is 9.90 Å². The maximum Gasteiger partial charge on any atom is 0.335 e. The second kappa shape index (κ2) is 4.80. The summed E-state index contributed by atoms with van der Waals surface area (Å²) in [5, 5.41) is 20.9. The Balaban J connectivity index is 2.53. The highest BCUT2D eigenvalue weighted by atomic mass is 32.1. The number of carboxylic acids is 1. The van der Waals surface area contributed by atoms with Crippen LogP contribution in [-0.2, 0) is 0 Å². The van der Waals surface area contributed by atoms with Gasteiger partial charge in [0.1, 0.15) is 5.75 Å². The molecule has 1 aromatic carbocycles. The Morgan fingerprint density at radius 3 is 2.72 bits per heavy atom. The zero-order valence-electron chi connectivity index (χ0n) is 9.75. The van der Waals surface area contributed by atoms with Crippen LogP contribution in [0.2, 0.25) is 0 Å². The van der Waals surface area contributed by atoms with Crippen molar-refractivity contribution < 1.29 is 15.0 Å². The Labute approximate surface area is 108 Å². The molecular formula is C13H13NO3S. The number of phenolic OH excluding ortho intramolecular Hbond substituents is 1. The van der Waals surface area contributed by atoms with Crippen molar-refractivity contribution in [2.75, 3.05) is 0 Å². The molecular weight excluding hydrogens is 250 g/mol. The third kappa shape index (κ3) is 2.23. The molecule has 2 rings (SSSR count). The molecule has 2 aromatic rings. The lowest BCUT2D eigenvalue weighted by Gasteiger charge is -2.14. The SMILES string of the molecule is Cc1cc(C(=O)O)cc([C@H](N)c2cccs2)c1O. The summed E-state index contributed by atoms with van der Waals surface area (Å²) in [7, 11) is 0. The summed E-state index contributed by atoms with van der Waals surface area (Å²) in [6.07, 6.45) is 0. The first-order valence-corrected chi connectivity index (χ1v) is 6.24. The molecule has 4 N–H and O–H groups in total. The fourth-order valence-corrected chi connectivity index (χ4v) is 2.53. The third-order valence-corrected chi connectivity index (χ3v) is 3.72. The van der Waals surface area contributed by atoms with Crippen LogP contribution in [0.25, 0.3) is 0 Å². The quantitative estimate of drug-likeness (QED) is 0.794. The van der Waals surface area contributed by atoms with Crippen LogP contribution >= 0.6 is 11.3 Å². The summed E-state index contributed by atoms with van der Waals surface area (Å²) in [6.45, 7) is 1.66. The monoisotopic (exact) mass is 263 g/mol. The highest BCUT2D eigenvalue weighted by Crippen LogP contribution is 2.33. The predicted octanol–water partition coefficient (Wildman–Crippen LogP) is 2.51. The van der Waals surface area contributed by atoms with Crippen molar-refractivity contribution in [2.45, 2.75) is 13.0 Å². The van der Waals surface area contributed by atoms with Gasteiger partial charge in [0.2, 0.25) is 0 Å². The van der Waals surface area contributed by atoms with Gasteiger partial charge < -0.3 is 15.9 Å². The van der Waals surface area contributed by atoms with E-state index in [0.717, 1.165) is 4.88 Å². The van der Waals surface area contributed by atoms with Crippen LogP contribution in [0, 0.1) is 6.92 Å². The Morgan fingerprint density at radius 2 is 2.17 bits per heavy atom. The fraction of sp³-hybridized carbons (Fsp3) is 0.154. The number of phenols is 1. The lowest BCUT2D eigenvalue weighted by atomic mass is 9.98. The molecule has 1 atom stereocenters. The van der Waals surface area contributed by atoms with Crippen LogP contribution in [-0.4, -0.2) is 16.2 Å².